The molecule has 0 spiro atoms. The highest BCUT2D eigenvalue weighted by molar-refractivity contribution is 5.89. The standard InChI is InChI=1S/C13H16O2/c1-4-12(13(15)9(2)3)10-6-5-7-11(14)8-10/h4-9,12,14H,1H2,2-3H3. The minimum Gasteiger partial charge on any atom is -0.508 e. The third-order valence-corrected chi connectivity index (χ3v) is 2.34. The Morgan fingerprint density at radius 2 is 2.13 bits per heavy atom. The second-order valence-corrected chi connectivity index (χ2v) is 3.87. The fourth-order valence-corrected chi connectivity index (χ4v) is 1.49. The first-order valence-corrected chi connectivity index (χ1v) is 5.01. The highest BCUT2D eigenvalue weighted by Crippen LogP contribution is 2.24. The van der Waals surface area contributed by atoms with E-state index in [9.17, 15) is 9.90 Å². The highest BCUT2D eigenvalue weighted by Gasteiger charge is 2.19. The van der Waals surface area contributed by atoms with Gasteiger partial charge in [-0.3, -0.25) is 4.79 Å². The van der Waals surface area contributed by atoms with Gasteiger partial charge in [0.1, 0.15) is 11.5 Å². The Balaban J connectivity index is 3.02. The van der Waals surface area contributed by atoms with Gasteiger partial charge in [0.25, 0.3) is 0 Å². The van der Waals surface area contributed by atoms with Gasteiger partial charge >= 0.3 is 0 Å². The number of carbonyl (C=O) groups excluding carboxylic acids is 1. The van der Waals surface area contributed by atoms with Crippen LogP contribution < -0.4 is 0 Å². The predicted molar refractivity (Wildman–Crippen MR) is 60.9 cm³/mol. The minimum atomic E-state index is -0.322. The number of carbonyl (C=O) groups is 1. The summed E-state index contributed by atoms with van der Waals surface area (Å²) in [4.78, 5) is 11.8. The van der Waals surface area contributed by atoms with E-state index in [0.717, 1.165) is 5.56 Å². The van der Waals surface area contributed by atoms with Gasteiger partial charge in [-0.25, -0.2) is 0 Å². The summed E-state index contributed by atoms with van der Waals surface area (Å²) >= 11 is 0. The molecule has 1 aromatic rings. The van der Waals surface area contributed by atoms with Crippen molar-refractivity contribution < 1.29 is 9.90 Å². The van der Waals surface area contributed by atoms with Crippen molar-refractivity contribution in [3.05, 3.63) is 42.5 Å². The van der Waals surface area contributed by atoms with E-state index in [2.05, 4.69) is 6.58 Å². The molecule has 0 aliphatic rings. The first-order chi connectivity index (χ1) is 7.06. The monoisotopic (exact) mass is 204 g/mol. The minimum absolute atomic E-state index is 0.0321. The summed E-state index contributed by atoms with van der Waals surface area (Å²) in [6, 6.07) is 6.75. The Morgan fingerprint density at radius 1 is 1.47 bits per heavy atom. The van der Waals surface area contributed by atoms with E-state index in [1.54, 1.807) is 24.3 Å². The van der Waals surface area contributed by atoms with Crippen LogP contribution in [0, 0.1) is 5.92 Å². The van der Waals surface area contributed by atoms with E-state index < -0.39 is 0 Å². The van der Waals surface area contributed by atoms with Gasteiger partial charge < -0.3 is 5.11 Å². The van der Waals surface area contributed by atoms with Crippen LogP contribution in [0.3, 0.4) is 0 Å². The molecule has 0 amide bonds. The average Bonchev–Trinajstić information content (AvgIpc) is 2.18. The zero-order valence-electron chi connectivity index (χ0n) is 9.10. The molecule has 1 rings (SSSR count). The van der Waals surface area contributed by atoms with Gasteiger partial charge in [-0.2, -0.15) is 0 Å². The molecule has 2 heteroatoms. The molecule has 80 valence electrons. The van der Waals surface area contributed by atoms with Crippen molar-refractivity contribution in [3.8, 4) is 5.75 Å². The van der Waals surface area contributed by atoms with Crippen LogP contribution in [0.15, 0.2) is 36.9 Å². The lowest BCUT2D eigenvalue weighted by atomic mass is 9.89. The number of phenolic OH excluding ortho intramolecular Hbond substituents is 1. The molecule has 0 saturated heterocycles. The van der Waals surface area contributed by atoms with Crippen LogP contribution in [-0.4, -0.2) is 10.9 Å². The topological polar surface area (TPSA) is 37.3 Å². The number of Topliss-reactive ketones (excluding diaryl/α,β-unsaturated/α-hetero) is 1. The van der Waals surface area contributed by atoms with Gasteiger partial charge in [0, 0.05) is 5.92 Å². The Bertz CT molecular complexity index is 367. The van der Waals surface area contributed by atoms with Crippen LogP contribution in [-0.2, 0) is 4.79 Å². The third kappa shape index (κ3) is 2.69. The van der Waals surface area contributed by atoms with Gasteiger partial charge in [0.2, 0.25) is 0 Å². The molecule has 0 bridgehead atoms. The number of ketones is 1. The maximum atomic E-state index is 11.8. The zero-order chi connectivity index (χ0) is 11.4. The number of rotatable bonds is 4. The molecule has 0 heterocycles. The maximum absolute atomic E-state index is 11.8. The van der Waals surface area contributed by atoms with Crippen LogP contribution in [0.2, 0.25) is 0 Å². The Hall–Kier alpha value is -1.57. The van der Waals surface area contributed by atoms with E-state index in [4.69, 9.17) is 0 Å². The van der Waals surface area contributed by atoms with Crippen LogP contribution in [0.4, 0.5) is 0 Å². The lowest BCUT2D eigenvalue weighted by Gasteiger charge is -2.14. The van der Waals surface area contributed by atoms with Crippen molar-refractivity contribution in [1.29, 1.82) is 0 Å². The normalized spacial score (nSPS) is 12.5. The van der Waals surface area contributed by atoms with Crippen LogP contribution in [0.25, 0.3) is 0 Å². The van der Waals surface area contributed by atoms with E-state index in [1.165, 1.54) is 0 Å². The molecule has 1 N–H and O–H groups in total. The first kappa shape index (κ1) is 11.5. The second-order valence-electron chi connectivity index (χ2n) is 3.87. The van der Waals surface area contributed by atoms with Gasteiger partial charge in [-0.1, -0.05) is 32.1 Å². The molecular formula is C13H16O2. The van der Waals surface area contributed by atoms with E-state index in [1.807, 2.05) is 19.9 Å². The number of hydrogen-bond donors (Lipinski definition) is 1. The van der Waals surface area contributed by atoms with Crippen LogP contribution in [0.5, 0.6) is 5.75 Å². The lowest BCUT2D eigenvalue weighted by Crippen LogP contribution is -2.16. The molecule has 1 aromatic carbocycles. The van der Waals surface area contributed by atoms with Crippen LogP contribution in [0.1, 0.15) is 25.3 Å². The van der Waals surface area contributed by atoms with E-state index >= 15 is 0 Å². The summed E-state index contributed by atoms with van der Waals surface area (Å²) in [5, 5.41) is 9.33. The lowest BCUT2D eigenvalue weighted by molar-refractivity contribution is -0.122. The van der Waals surface area contributed by atoms with Crippen molar-refractivity contribution in [3.63, 3.8) is 0 Å². The average molecular weight is 204 g/mol. The summed E-state index contributed by atoms with van der Waals surface area (Å²) in [6.45, 7) is 7.39. The SMILES string of the molecule is C=CC(C(=O)C(C)C)c1cccc(O)c1. The molecule has 1 unspecified atom stereocenters. The summed E-state index contributed by atoms with van der Waals surface area (Å²) in [7, 11) is 0. The molecule has 0 aliphatic carbocycles. The van der Waals surface area contributed by atoms with Crippen LogP contribution >= 0.6 is 0 Å². The zero-order valence-corrected chi connectivity index (χ0v) is 9.10. The number of aromatic hydroxyl groups is 1. The van der Waals surface area contributed by atoms with Gasteiger partial charge in [-0.15, -0.1) is 6.58 Å². The number of phenols is 1. The van der Waals surface area contributed by atoms with Gasteiger partial charge in [0.15, 0.2) is 0 Å². The largest absolute Gasteiger partial charge is 0.508 e. The molecule has 0 saturated carbocycles. The Morgan fingerprint density at radius 3 is 2.60 bits per heavy atom. The van der Waals surface area contributed by atoms with Crippen molar-refractivity contribution >= 4 is 5.78 Å². The molecule has 15 heavy (non-hydrogen) atoms. The molecule has 0 aliphatic heterocycles. The van der Waals surface area contributed by atoms with Crippen molar-refractivity contribution in [2.75, 3.05) is 0 Å². The Labute approximate surface area is 90.3 Å². The van der Waals surface area contributed by atoms with Crippen molar-refractivity contribution in [2.45, 2.75) is 19.8 Å². The summed E-state index contributed by atoms with van der Waals surface area (Å²) in [5.41, 5.74) is 0.795. The quantitative estimate of drug-likeness (QED) is 0.766. The highest BCUT2D eigenvalue weighted by atomic mass is 16.3. The van der Waals surface area contributed by atoms with Gasteiger partial charge in [-0.05, 0) is 17.7 Å². The smallest absolute Gasteiger partial charge is 0.146 e. The van der Waals surface area contributed by atoms with Crippen molar-refractivity contribution in [1.82, 2.24) is 0 Å². The van der Waals surface area contributed by atoms with Gasteiger partial charge in [0.05, 0.1) is 5.92 Å². The summed E-state index contributed by atoms with van der Waals surface area (Å²) < 4.78 is 0. The molecular weight excluding hydrogens is 188 g/mol. The van der Waals surface area contributed by atoms with E-state index in [-0.39, 0.29) is 23.4 Å². The summed E-state index contributed by atoms with van der Waals surface area (Å²) in [6.07, 6.45) is 1.62. The molecule has 2 nitrogen and oxygen atoms in total. The molecule has 0 aromatic heterocycles. The first-order valence-electron chi connectivity index (χ1n) is 5.01. The third-order valence-electron chi connectivity index (χ3n) is 2.34. The summed E-state index contributed by atoms with van der Waals surface area (Å²) in [5.74, 6) is -0.0565. The fraction of sp³-hybridized carbons (Fsp3) is 0.308. The van der Waals surface area contributed by atoms with E-state index in [0.29, 0.717) is 0 Å². The number of hydrogen-bond acceptors (Lipinski definition) is 2. The number of benzene rings is 1. The number of allylic oxidation sites excluding steroid dienone is 1. The maximum Gasteiger partial charge on any atom is 0.146 e. The predicted octanol–water partition coefficient (Wildman–Crippen LogP) is 2.89. The fourth-order valence-electron chi connectivity index (χ4n) is 1.49. The molecule has 0 fully saturated rings. The molecule has 0 radical (unpaired) electrons. The molecule has 1 atom stereocenters. The Kier molecular flexibility index (Phi) is 3.67. The second kappa shape index (κ2) is 4.78. The van der Waals surface area contributed by atoms with Crippen molar-refractivity contribution in [2.24, 2.45) is 5.92 Å².